The molecule has 1 fully saturated rings. The second-order valence-corrected chi connectivity index (χ2v) is 7.52. The SMILES string of the molecule is CCNC(=NCC1(c2ccc(F)cc2)CCOCC1)Nc1ccc(OC)c(OCC)c1.I. The van der Waals surface area contributed by atoms with Gasteiger partial charge in [0.2, 0.25) is 0 Å². The molecule has 6 nitrogen and oxygen atoms in total. The first-order chi connectivity index (χ1) is 15.1. The number of anilines is 1. The number of methoxy groups -OCH3 is 1. The quantitative estimate of drug-likeness (QED) is 0.273. The Labute approximate surface area is 207 Å². The summed E-state index contributed by atoms with van der Waals surface area (Å²) in [4.78, 5) is 4.89. The fourth-order valence-corrected chi connectivity index (χ4v) is 3.80. The van der Waals surface area contributed by atoms with Gasteiger partial charge in [-0.2, -0.15) is 0 Å². The molecule has 1 aliphatic rings. The van der Waals surface area contributed by atoms with Crippen molar-refractivity contribution >= 4 is 35.6 Å². The summed E-state index contributed by atoms with van der Waals surface area (Å²) in [5.74, 6) is 1.82. The highest BCUT2D eigenvalue weighted by molar-refractivity contribution is 14.0. The third kappa shape index (κ3) is 6.71. The third-order valence-corrected chi connectivity index (χ3v) is 5.52. The molecule has 0 bridgehead atoms. The lowest BCUT2D eigenvalue weighted by atomic mass is 9.74. The largest absolute Gasteiger partial charge is 0.493 e. The molecule has 1 heterocycles. The summed E-state index contributed by atoms with van der Waals surface area (Å²) in [6.45, 7) is 7.17. The van der Waals surface area contributed by atoms with Gasteiger partial charge in [0.05, 0.1) is 20.3 Å². The number of guanidine groups is 1. The van der Waals surface area contributed by atoms with E-state index >= 15 is 0 Å². The molecule has 2 aromatic carbocycles. The summed E-state index contributed by atoms with van der Waals surface area (Å²) in [5.41, 5.74) is 1.77. The molecule has 1 saturated heterocycles. The van der Waals surface area contributed by atoms with Crippen molar-refractivity contribution in [1.82, 2.24) is 5.32 Å². The summed E-state index contributed by atoms with van der Waals surface area (Å²) in [7, 11) is 1.62. The molecule has 0 atom stereocenters. The molecule has 0 radical (unpaired) electrons. The zero-order valence-electron chi connectivity index (χ0n) is 18.9. The molecule has 0 amide bonds. The Morgan fingerprint density at radius 3 is 2.44 bits per heavy atom. The van der Waals surface area contributed by atoms with Crippen molar-refractivity contribution in [3.63, 3.8) is 0 Å². The zero-order valence-corrected chi connectivity index (χ0v) is 21.3. The topological polar surface area (TPSA) is 64.1 Å². The molecule has 176 valence electrons. The second-order valence-electron chi connectivity index (χ2n) is 7.52. The van der Waals surface area contributed by atoms with E-state index in [2.05, 4.69) is 10.6 Å². The molecule has 32 heavy (non-hydrogen) atoms. The molecule has 1 aliphatic heterocycles. The third-order valence-electron chi connectivity index (χ3n) is 5.52. The molecule has 2 N–H and O–H groups in total. The summed E-state index contributed by atoms with van der Waals surface area (Å²) < 4.78 is 30.1. The van der Waals surface area contributed by atoms with E-state index in [0.717, 1.165) is 30.6 Å². The van der Waals surface area contributed by atoms with Crippen LogP contribution >= 0.6 is 24.0 Å². The second kappa shape index (κ2) is 12.8. The van der Waals surface area contributed by atoms with Crippen molar-refractivity contribution in [1.29, 1.82) is 0 Å². The molecule has 3 rings (SSSR count). The smallest absolute Gasteiger partial charge is 0.195 e. The van der Waals surface area contributed by atoms with Gasteiger partial charge in [0.1, 0.15) is 5.82 Å². The lowest BCUT2D eigenvalue weighted by Crippen LogP contribution is -2.39. The highest BCUT2D eigenvalue weighted by atomic mass is 127. The van der Waals surface area contributed by atoms with Gasteiger partial charge in [-0.15, -0.1) is 24.0 Å². The van der Waals surface area contributed by atoms with Crippen LogP contribution in [0.2, 0.25) is 0 Å². The maximum absolute atomic E-state index is 13.5. The van der Waals surface area contributed by atoms with E-state index in [1.807, 2.05) is 44.2 Å². The van der Waals surface area contributed by atoms with Crippen LogP contribution in [0.1, 0.15) is 32.3 Å². The monoisotopic (exact) mass is 557 g/mol. The van der Waals surface area contributed by atoms with Gasteiger partial charge in [-0.25, -0.2) is 4.39 Å². The molecular weight excluding hydrogens is 524 g/mol. The Morgan fingerprint density at radius 1 is 1.09 bits per heavy atom. The maximum atomic E-state index is 13.5. The number of ether oxygens (including phenoxy) is 3. The fraction of sp³-hybridized carbons (Fsp3) is 0.458. The van der Waals surface area contributed by atoms with Crippen LogP contribution in [0.15, 0.2) is 47.5 Å². The van der Waals surface area contributed by atoms with E-state index in [1.165, 1.54) is 12.1 Å². The molecule has 2 aromatic rings. The van der Waals surface area contributed by atoms with Crippen LogP contribution in [-0.2, 0) is 10.2 Å². The molecule has 0 saturated carbocycles. The molecule has 0 aromatic heterocycles. The van der Waals surface area contributed by atoms with Crippen LogP contribution in [0.5, 0.6) is 11.5 Å². The normalized spacial score (nSPS) is 15.4. The van der Waals surface area contributed by atoms with Crippen LogP contribution in [-0.4, -0.2) is 46.0 Å². The van der Waals surface area contributed by atoms with Gasteiger partial charge < -0.3 is 24.8 Å². The number of hydrogen-bond acceptors (Lipinski definition) is 4. The van der Waals surface area contributed by atoms with Crippen LogP contribution < -0.4 is 20.1 Å². The lowest BCUT2D eigenvalue weighted by Gasteiger charge is -2.36. The Bertz CT molecular complexity index is 871. The number of benzene rings is 2. The van der Waals surface area contributed by atoms with Crippen molar-refractivity contribution in [2.24, 2.45) is 4.99 Å². The predicted molar refractivity (Wildman–Crippen MR) is 137 cm³/mol. The van der Waals surface area contributed by atoms with E-state index < -0.39 is 0 Å². The van der Waals surface area contributed by atoms with Crippen molar-refractivity contribution in [2.75, 3.05) is 45.3 Å². The summed E-state index contributed by atoms with van der Waals surface area (Å²) >= 11 is 0. The van der Waals surface area contributed by atoms with Crippen LogP contribution in [0, 0.1) is 5.82 Å². The maximum Gasteiger partial charge on any atom is 0.195 e. The average molecular weight is 557 g/mol. The minimum atomic E-state index is -0.228. The van der Waals surface area contributed by atoms with Gasteiger partial charge in [0.15, 0.2) is 17.5 Å². The number of hydrogen-bond donors (Lipinski definition) is 2. The Hall–Kier alpha value is -2.07. The Balaban J connectivity index is 0.00000363. The number of halogens is 2. The molecule has 8 heteroatoms. The molecule has 0 unspecified atom stereocenters. The highest BCUT2D eigenvalue weighted by Crippen LogP contribution is 2.35. The number of nitrogens with one attached hydrogen (secondary N) is 2. The fourth-order valence-electron chi connectivity index (χ4n) is 3.80. The molecule has 0 aliphatic carbocycles. The summed E-state index contributed by atoms with van der Waals surface area (Å²) in [6, 6.07) is 12.5. The van der Waals surface area contributed by atoms with E-state index in [-0.39, 0.29) is 35.2 Å². The summed E-state index contributed by atoms with van der Waals surface area (Å²) in [6.07, 6.45) is 1.69. The van der Waals surface area contributed by atoms with Gasteiger partial charge in [0.25, 0.3) is 0 Å². The Morgan fingerprint density at radius 2 is 1.81 bits per heavy atom. The van der Waals surface area contributed by atoms with Crippen LogP contribution in [0.4, 0.5) is 10.1 Å². The van der Waals surface area contributed by atoms with E-state index in [4.69, 9.17) is 19.2 Å². The van der Waals surface area contributed by atoms with Gasteiger partial charge in [-0.3, -0.25) is 4.99 Å². The molecule has 0 spiro atoms. The first-order valence-corrected chi connectivity index (χ1v) is 10.8. The number of nitrogens with zero attached hydrogens (tertiary/aromatic N) is 1. The minimum Gasteiger partial charge on any atom is -0.493 e. The van der Waals surface area contributed by atoms with Gasteiger partial charge in [-0.1, -0.05) is 12.1 Å². The Kier molecular flexibility index (Phi) is 10.5. The standard InChI is InChI=1S/C24H32FN3O3.HI/c1-4-26-23(28-20-10-11-21(29-3)22(16-20)31-5-2)27-17-24(12-14-30-15-13-24)18-6-8-19(25)9-7-18;/h6-11,16H,4-5,12-15,17H2,1-3H3,(H2,26,27,28);1H. The van der Waals surface area contributed by atoms with Crippen LogP contribution in [0.25, 0.3) is 0 Å². The van der Waals surface area contributed by atoms with Crippen LogP contribution in [0.3, 0.4) is 0 Å². The highest BCUT2D eigenvalue weighted by Gasteiger charge is 2.34. The first-order valence-electron chi connectivity index (χ1n) is 10.8. The predicted octanol–water partition coefficient (Wildman–Crippen LogP) is 4.98. The van der Waals surface area contributed by atoms with Gasteiger partial charge >= 0.3 is 0 Å². The van der Waals surface area contributed by atoms with Crippen molar-refractivity contribution in [2.45, 2.75) is 32.1 Å². The van der Waals surface area contributed by atoms with Gasteiger partial charge in [0, 0.05) is 36.9 Å². The lowest BCUT2D eigenvalue weighted by molar-refractivity contribution is 0.0531. The van der Waals surface area contributed by atoms with Gasteiger partial charge in [-0.05, 0) is 56.5 Å². The number of rotatable bonds is 8. The van der Waals surface area contributed by atoms with E-state index in [9.17, 15) is 4.39 Å². The average Bonchev–Trinajstić information content (AvgIpc) is 2.79. The minimum absolute atomic E-state index is 0. The van der Waals surface area contributed by atoms with Crippen molar-refractivity contribution in [3.05, 3.63) is 53.8 Å². The van der Waals surface area contributed by atoms with Crippen molar-refractivity contribution in [3.8, 4) is 11.5 Å². The first kappa shape index (κ1) is 26.2. The van der Waals surface area contributed by atoms with E-state index in [0.29, 0.717) is 43.8 Å². The van der Waals surface area contributed by atoms with Crippen molar-refractivity contribution < 1.29 is 18.6 Å². The summed E-state index contributed by atoms with van der Waals surface area (Å²) in [5, 5.41) is 6.66. The zero-order chi connectivity index (χ0) is 22.1. The number of aliphatic imine (C=N–C) groups is 1. The van der Waals surface area contributed by atoms with E-state index in [1.54, 1.807) is 7.11 Å². The molecular formula is C24H33FIN3O3.